The fourth-order valence-electron chi connectivity index (χ4n) is 3.52. The van der Waals surface area contributed by atoms with E-state index in [0.717, 1.165) is 39.4 Å². The summed E-state index contributed by atoms with van der Waals surface area (Å²) in [5.41, 5.74) is 3.34. The zero-order valence-corrected chi connectivity index (χ0v) is 13.5. The second-order valence-corrected chi connectivity index (χ2v) is 6.24. The molecule has 0 fully saturated rings. The molecule has 0 bridgehead atoms. The van der Waals surface area contributed by atoms with Crippen LogP contribution in [0.1, 0.15) is 17.5 Å². The fourth-order valence-corrected chi connectivity index (χ4v) is 3.52. The number of pyridine rings is 2. The standard InChI is InChI=1S/C18H18N2O3/c1-10-7-14(21)19(3)16-12(10)9-13-11(2)8-15(22)20-5-4-6-23-18(16)17(13)20/h7-9H,4-6H2,1-3H3. The first-order chi connectivity index (χ1) is 11.0. The van der Waals surface area contributed by atoms with Crippen molar-refractivity contribution in [1.82, 2.24) is 9.13 Å². The lowest BCUT2D eigenvalue weighted by atomic mass is 10.0. The highest BCUT2D eigenvalue weighted by Crippen LogP contribution is 2.37. The number of hydrogen-bond acceptors (Lipinski definition) is 3. The average molecular weight is 310 g/mol. The molecule has 3 aromatic rings. The van der Waals surface area contributed by atoms with Gasteiger partial charge in [0.15, 0.2) is 5.75 Å². The first-order valence-corrected chi connectivity index (χ1v) is 7.79. The van der Waals surface area contributed by atoms with Gasteiger partial charge in [-0.1, -0.05) is 0 Å². The van der Waals surface area contributed by atoms with Gasteiger partial charge in [-0.25, -0.2) is 0 Å². The van der Waals surface area contributed by atoms with E-state index in [2.05, 4.69) is 6.07 Å². The molecule has 1 aliphatic heterocycles. The van der Waals surface area contributed by atoms with Gasteiger partial charge in [-0.2, -0.15) is 0 Å². The predicted octanol–water partition coefficient (Wildman–Crippen LogP) is 2.25. The van der Waals surface area contributed by atoms with Crippen molar-refractivity contribution in [3.63, 3.8) is 0 Å². The molecule has 118 valence electrons. The minimum absolute atomic E-state index is 0.0150. The molecule has 0 atom stereocenters. The molecule has 2 aromatic heterocycles. The van der Waals surface area contributed by atoms with Gasteiger partial charge in [-0.15, -0.1) is 0 Å². The third-order valence-electron chi connectivity index (χ3n) is 4.73. The van der Waals surface area contributed by atoms with Crippen LogP contribution >= 0.6 is 0 Å². The van der Waals surface area contributed by atoms with E-state index in [1.54, 1.807) is 28.3 Å². The van der Waals surface area contributed by atoms with E-state index in [0.29, 0.717) is 18.9 Å². The number of nitrogens with zero attached hydrogens (tertiary/aromatic N) is 2. The topological polar surface area (TPSA) is 53.2 Å². The smallest absolute Gasteiger partial charge is 0.251 e. The summed E-state index contributed by atoms with van der Waals surface area (Å²) in [5, 5.41) is 2.00. The number of fused-ring (bicyclic) bond motifs is 2. The minimum Gasteiger partial charge on any atom is -0.489 e. The molecule has 0 N–H and O–H groups in total. The quantitative estimate of drug-likeness (QED) is 0.598. The molecule has 23 heavy (non-hydrogen) atoms. The van der Waals surface area contributed by atoms with Gasteiger partial charge >= 0.3 is 0 Å². The monoisotopic (exact) mass is 310 g/mol. The second kappa shape index (κ2) is 4.72. The lowest BCUT2D eigenvalue weighted by molar-refractivity contribution is 0.317. The van der Waals surface area contributed by atoms with Gasteiger partial charge in [0, 0.05) is 36.5 Å². The van der Waals surface area contributed by atoms with Gasteiger partial charge in [-0.05, 0) is 37.5 Å². The Morgan fingerprint density at radius 1 is 0.957 bits per heavy atom. The van der Waals surface area contributed by atoms with Crippen LogP contribution < -0.4 is 15.9 Å². The normalized spacial score (nSPS) is 14.0. The van der Waals surface area contributed by atoms with Crippen molar-refractivity contribution in [1.29, 1.82) is 0 Å². The molecule has 0 radical (unpaired) electrons. The Hall–Kier alpha value is -2.56. The van der Waals surface area contributed by atoms with Gasteiger partial charge in [0.1, 0.15) is 0 Å². The van der Waals surface area contributed by atoms with Gasteiger partial charge in [0.05, 0.1) is 17.6 Å². The summed E-state index contributed by atoms with van der Waals surface area (Å²) in [7, 11) is 1.75. The number of aromatic nitrogens is 2. The highest BCUT2D eigenvalue weighted by molar-refractivity contribution is 6.04. The van der Waals surface area contributed by atoms with Gasteiger partial charge in [-0.3, -0.25) is 9.59 Å². The first-order valence-electron chi connectivity index (χ1n) is 7.79. The summed E-state index contributed by atoms with van der Waals surface area (Å²) in [6.07, 6.45) is 0.772. The van der Waals surface area contributed by atoms with Crippen molar-refractivity contribution < 1.29 is 4.74 Å². The first kappa shape index (κ1) is 14.1. The van der Waals surface area contributed by atoms with E-state index < -0.39 is 0 Å². The molecule has 5 heteroatoms. The Balaban J connectivity index is 2.39. The van der Waals surface area contributed by atoms with E-state index in [1.165, 1.54) is 0 Å². The Bertz CT molecular complexity index is 1090. The summed E-state index contributed by atoms with van der Waals surface area (Å²) in [4.78, 5) is 24.6. The van der Waals surface area contributed by atoms with Gasteiger partial charge < -0.3 is 13.9 Å². The lowest BCUT2D eigenvalue weighted by Crippen LogP contribution is -2.21. The Labute approximate surface area is 132 Å². The molecule has 0 aliphatic carbocycles. The van der Waals surface area contributed by atoms with Gasteiger partial charge in [0.2, 0.25) is 0 Å². The minimum atomic E-state index is -0.0694. The molecule has 1 aliphatic rings. The summed E-state index contributed by atoms with van der Waals surface area (Å²) < 4.78 is 9.40. The van der Waals surface area contributed by atoms with Crippen molar-refractivity contribution in [2.24, 2.45) is 7.05 Å². The van der Waals surface area contributed by atoms with Crippen molar-refractivity contribution in [2.75, 3.05) is 6.61 Å². The zero-order valence-electron chi connectivity index (χ0n) is 13.5. The highest BCUT2D eigenvalue weighted by Gasteiger charge is 2.21. The third-order valence-corrected chi connectivity index (χ3v) is 4.73. The Morgan fingerprint density at radius 3 is 2.35 bits per heavy atom. The second-order valence-electron chi connectivity index (χ2n) is 6.24. The SMILES string of the molecule is Cc1cc(=O)n(C)c2c3c4c(cc12)c(C)cc(=O)n4CCCO3. The van der Waals surface area contributed by atoms with Crippen LogP contribution in [-0.2, 0) is 13.6 Å². The van der Waals surface area contributed by atoms with Gasteiger partial charge in [0.25, 0.3) is 11.1 Å². The number of benzene rings is 1. The highest BCUT2D eigenvalue weighted by atomic mass is 16.5. The third kappa shape index (κ3) is 1.86. The molecule has 0 saturated carbocycles. The van der Waals surface area contributed by atoms with Crippen molar-refractivity contribution in [3.05, 3.63) is 50.0 Å². The predicted molar refractivity (Wildman–Crippen MR) is 90.5 cm³/mol. The maximum atomic E-state index is 12.4. The lowest BCUT2D eigenvalue weighted by Gasteiger charge is -2.17. The molecule has 0 unspecified atom stereocenters. The molecular formula is C18H18N2O3. The van der Waals surface area contributed by atoms with Crippen molar-refractivity contribution in [3.8, 4) is 5.75 Å². The van der Waals surface area contributed by atoms with Crippen molar-refractivity contribution >= 4 is 21.8 Å². The summed E-state index contributed by atoms with van der Waals surface area (Å²) >= 11 is 0. The molecule has 3 heterocycles. The Kier molecular flexibility index (Phi) is 2.88. The molecule has 0 spiro atoms. The Morgan fingerprint density at radius 2 is 1.61 bits per heavy atom. The number of ether oxygens (including phenoxy) is 1. The van der Waals surface area contributed by atoms with Crippen LogP contribution in [0.3, 0.4) is 0 Å². The van der Waals surface area contributed by atoms with Crippen LogP contribution in [0, 0.1) is 13.8 Å². The van der Waals surface area contributed by atoms with Crippen LogP contribution in [0.2, 0.25) is 0 Å². The van der Waals surface area contributed by atoms with Crippen LogP contribution in [0.15, 0.2) is 27.8 Å². The number of rotatable bonds is 0. The van der Waals surface area contributed by atoms with Crippen LogP contribution in [-0.4, -0.2) is 15.7 Å². The molecule has 4 rings (SSSR count). The van der Waals surface area contributed by atoms with E-state index in [9.17, 15) is 9.59 Å². The van der Waals surface area contributed by atoms with E-state index in [1.807, 2.05) is 13.8 Å². The largest absolute Gasteiger partial charge is 0.489 e. The summed E-state index contributed by atoms with van der Waals surface area (Å²) in [6.45, 7) is 5.05. The van der Waals surface area contributed by atoms with Crippen LogP contribution in [0.4, 0.5) is 0 Å². The maximum absolute atomic E-state index is 12.4. The molecule has 0 saturated heterocycles. The fraction of sp³-hybridized carbons (Fsp3) is 0.333. The van der Waals surface area contributed by atoms with E-state index >= 15 is 0 Å². The van der Waals surface area contributed by atoms with Crippen LogP contribution in [0.25, 0.3) is 21.8 Å². The number of aryl methyl sites for hydroxylation is 4. The number of hydrogen-bond donors (Lipinski definition) is 0. The average Bonchev–Trinajstić information content (AvgIpc) is 2.73. The molecule has 1 aromatic carbocycles. The molecular weight excluding hydrogens is 292 g/mol. The van der Waals surface area contributed by atoms with E-state index in [4.69, 9.17) is 4.74 Å². The maximum Gasteiger partial charge on any atom is 0.251 e. The molecule has 0 amide bonds. The molecule has 5 nitrogen and oxygen atoms in total. The van der Waals surface area contributed by atoms with Crippen LogP contribution in [0.5, 0.6) is 5.75 Å². The summed E-state index contributed by atoms with van der Waals surface area (Å²) in [5.74, 6) is 0.652. The van der Waals surface area contributed by atoms with E-state index in [-0.39, 0.29) is 11.1 Å². The van der Waals surface area contributed by atoms with Crippen molar-refractivity contribution in [2.45, 2.75) is 26.8 Å². The summed E-state index contributed by atoms with van der Waals surface area (Å²) in [6, 6.07) is 5.40. The zero-order chi connectivity index (χ0) is 16.3.